The van der Waals surface area contributed by atoms with E-state index in [9.17, 15) is 24.3 Å². The molecule has 0 aliphatic rings. The quantitative estimate of drug-likeness (QED) is 0.387. The summed E-state index contributed by atoms with van der Waals surface area (Å²) in [5.74, 6) is -1.01. The average Bonchev–Trinajstić information content (AvgIpc) is 2.58. The molecule has 3 amide bonds. The van der Waals surface area contributed by atoms with Gasteiger partial charge in [-0.2, -0.15) is 0 Å². The van der Waals surface area contributed by atoms with Crippen molar-refractivity contribution in [1.82, 2.24) is 16.0 Å². The zero-order valence-electron chi connectivity index (χ0n) is 17.5. The monoisotopic (exact) mass is 395 g/mol. The van der Waals surface area contributed by atoms with Gasteiger partial charge >= 0.3 is 5.97 Å². The van der Waals surface area contributed by atoms with Crippen LogP contribution < -0.4 is 16.0 Å². The first kappa shape index (κ1) is 25.4. The molecule has 0 radical (unpaired) electrons. The van der Waals surface area contributed by atoms with Gasteiger partial charge in [0.1, 0.15) is 18.1 Å². The van der Waals surface area contributed by atoms with Gasteiger partial charge in [0.25, 0.3) is 0 Å². The highest BCUT2D eigenvalue weighted by molar-refractivity contribution is 5.93. The average molecular weight is 396 g/mol. The number of carbonyl (C=O) groups is 4. The number of aliphatic carboxylic acids is 1. The molecule has 0 fully saturated rings. The molecule has 0 rings (SSSR count). The minimum absolute atomic E-state index is 0.107. The van der Waals surface area contributed by atoms with Crippen LogP contribution in [0.15, 0.2) is 0 Å². The molecule has 0 saturated heterocycles. The van der Waals surface area contributed by atoms with Crippen LogP contribution in [0.2, 0.25) is 0 Å². The Labute approximate surface area is 167 Å². The van der Waals surface area contributed by atoms with Crippen LogP contribution >= 0.6 is 0 Å². The van der Waals surface area contributed by atoms with Gasteiger partial charge in [0, 0.05) is 12.8 Å². The molecular formula is C20H33N3O5. The van der Waals surface area contributed by atoms with Crippen molar-refractivity contribution in [3.63, 3.8) is 0 Å². The normalized spacial score (nSPS) is 14.1. The van der Waals surface area contributed by atoms with Crippen molar-refractivity contribution >= 4 is 23.7 Å². The minimum atomic E-state index is -1.14. The van der Waals surface area contributed by atoms with Crippen LogP contribution in [0.1, 0.15) is 54.4 Å². The molecule has 28 heavy (non-hydrogen) atoms. The maximum absolute atomic E-state index is 12.7. The predicted octanol–water partition coefficient (Wildman–Crippen LogP) is 0.907. The summed E-state index contributed by atoms with van der Waals surface area (Å²) >= 11 is 0. The molecule has 0 saturated carbocycles. The molecule has 8 nitrogen and oxygen atoms in total. The van der Waals surface area contributed by atoms with Crippen molar-refractivity contribution in [2.45, 2.75) is 72.5 Å². The molecule has 3 atom stereocenters. The summed E-state index contributed by atoms with van der Waals surface area (Å²) in [6, 6.07) is -2.83. The van der Waals surface area contributed by atoms with Gasteiger partial charge in [-0.1, -0.05) is 41.5 Å². The largest absolute Gasteiger partial charge is 0.480 e. The number of amides is 3. The zero-order chi connectivity index (χ0) is 22.0. The van der Waals surface area contributed by atoms with Crippen molar-refractivity contribution in [3.05, 3.63) is 0 Å². The van der Waals surface area contributed by atoms with Gasteiger partial charge in [-0.05, 0) is 17.8 Å². The van der Waals surface area contributed by atoms with Gasteiger partial charge in [0.15, 0.2) is 0 Å². The topological polar surface area (TPSA) is 125 Å². The van der Waals surface area contributed by atoms with Crippen LogP contribution in [0.3, 0.4) is 0 Å². The lowest BCUT2D eigenvalue weighted by molar-refractivity contribution is -0.144. The first-order chi connectivity index (χ1) is 12.9. The Bertz CT molecular complexity index is 607. The smallest absolute Gasteiger partial charge is 0.326 e. The molecular weight excluding hydrogens is 362 g/mol. The van der Waals surface area contributed by atoms with Crippen molar-refractivity contribution in [2.75, 3.05) is 0 Å². The van der Waals surface area contributed by atoms with E-state index in [4.69, 9.17) is 6.42 Å². The first-order valence-corrected chi connectivity index (χ1v) is 9.48. The highest BCUT2D eigenvalue weighted by Crippen LogP contribution is 2.09. The summed E-state index contributed by atoms with van der Waals surface area (Å²) in [5.41, 5.74) is 0. The van der Waals surface area contributed by atoms with Crippen molar-refractivity contribution in [1.29, 1.82) is 0 Å². The maximum Gasteiger partial charge on any atom is 0.326 e. The lowest BCUT2D eigenvalue weighted by Gasteiger charge is -2.28. The van der Waals surface area contributed by atoms with Gasteiger partial charge in [-0.25, -0.2) is 4.79 Å². The Morgan fingerprint density at radius 1 is 0.786 bits per heavy atom. The fraction of sp³-hybridized carbons (Fsp3) is 0.700. The van der Waals surface area contributed by atoms with Crippen LogP contribution in [0.5, 0.6) is 0 Å². The minimum Gasteiger partial charge on any atom is -0.480 e. The third-order valence-corrected chi connectivity index (χ3v) is 4.24. The van der Waals surface area contributed by atoms with Crippen LogP contribution in [-0.4, -0.2) is 46.9 Å². The van der Waals surface area contributed by atoms with Crippen LogP contribution in [0.25, 0.3) is 0 Å². The van der Waals surface area contributed by atoms with E-state index in [-0.39, 0.29) is 36.5 Å². The molecule has 0 aliphatic carbocycles. The fourth-order valence-corrected chi connectivity index (χ4v) is 2.50. The van der Waals surface area contributed by atoms with Crippen molar-refractivity contribution in [3.8, 4) is 12.3 Å². The van der Waals surface area contributed by atoms with E-state index in [0.29, 0.717) is 0 Å². The Balaban J connectivity index is 5.25. The first-order valence-electron chi connectivity index (χ1n) is 9.48. The molecule has 0 spiro atoms. The lowest BCUT2D eigenvalue weighted by atomic mass is 9.98. The van der Waals surface area contributed by atoms with Crippen LogP contribution in [-0.2, 0) is 19.2 Å². The summed E-state index contributed by atoms with van der Waals surface area (Å²) < 4.78 is 0. The van der Waals surface area contributed by atoms with E-state index in [1.807, 2.05) is 0 Å². The number of nitrogens with one attached hydrogen (secondary N) is 3. The number of hydrogen-bond donors (Lipinski definition) is 4. The van der Waals surface area contributed by atoms with Gasteiger partial charge in [0.2, 0.25) is 17.7 Å². The fourth-order valence-electron chi connectivity index (χ4n) is 2.50. The van der Waals surface area contributed by atoms with Crippen molar-refractivity contribution in [2.24, 2.45) is 17.8 Å². The van der Waals surface area contributed by atoms with E-state index >= 15 is 0 Å². The third-order valence-electron chi connectivity index (χ3n) is 4.24. The Morgan fingerprint density at radius 2 is 1.18 bits per heavy atom. The molecule has 8 heteroatoms. The molecule has 4 N–H and O–H groups in total. The summed E-state index contributed by atoms with van der Waals surface area (Å²) in [4.78, 5) is 48.6. The van der Waals surface area contributed by atoms with E-state index in [1.54, 1.807) is 41.5 Å². The number of carboxylic acid groups (broad SMARTS) is 1. The van der Waals surface area contributed by atoms with E-state index in [1.165, 1.54) is 0 Å². The standard InChI is InChI=1S/C20H33N3O5/c1-8-9-10-14(24)21-15(11(2)3)18(25)22-16(12(4)5)19(26)23-17(13(6)7)20(27)28/h1,11-13,15-17H,9-10H2,2-7H3,(H,21,24)(H,22,25)(H,23,26)(H,27,28)/t15-,16-,17-/m0/s1. The predicted molar refractivity (Wildman–Crippen MR) is 106 cm³/mol. The Hall–Kier alpha value is -2.56. The zero-order valence-corrected chi connectivity index (χ0v) is 17.5. The van der Waals surface area contributed by atoms with Crippen molar-refractivity contribution < 1.29 is 24.3 Å². The maximum atomic E-state index is 12.7. The molecule has 0 heterocycles. The Kier molecular flexibility index (Phi) is 10.9. The van der Waals surface area contributed by atoms with Gasteiger partial charge in [0.05, 0.1) is 0 Å². The molecule has 0 aromatic heterocycles. The van der Waals surface area contributed by atoms with Gasteiger partial charge in [-0.3, -0.25) is 14.4 Å². The highest BCUT2D eigenvalue weighted by atomic mass is 16.4. The van der Waals surface area contributed by atoms with Crippen LogP contribution in [0, 0.1) is 30.1 Å². The van der Waals surface area contributed by atoms with E-state index < -0.39 is 35.9 Å². The number of hydrogen-bond acceptors (Lipinski definition) is 4. The number of carbonyl (C=O) groups excluding carboxylic acids is 3. The molecule has 158 valence electrons. The molecule has 0 aromatic carbocycles. The molecule has 0 unspecified atom stereocenters. The van der Waals surface area contributed by atoms with Gasteiger partial charge < -0.3 is 21.1 Å². The Morgan fingerprint density at radius 3 is 1.54 bits per heavy atom. The third kappa shape index (κ3) is 8.42. The summed E-state index contributed by atoms with van der Waals surface area (Å²) in [6.07, 6.45) is 5.52. The molecule has 0 bridgehead atoms. The second-order valence-corrected chi connectivity index (χ2v) is 7.79. The van der Waals surface area contributed by atoms with Gasteiger partial charge in [-0.15, -0.1) is 12.3 Å². The second kappa shape index (κ2) is 12.0. The SMILES string of the molecule is C#CCCC(=O)N[C@H](C(=O)N[C@H](C(=O)N[C@H](C(=O)O)C(C)C)C(C)C)C(C)C. The summed E-state index contributed by atoms with van der Waals surface area (Å²) in [6.45, 7) is 10.4. The number of carboxylic acids is 1. The number of terminal acetylenes is 1. The molecule has 0 aliphatic heterocycles. The highest BCUT2D eigenvalue weighted by Gasteiger charge is 2.33. The van der Waals surface area contributed by atoms with Crippen LogP contribution in [0.4, 0.5) is 0 Å². The second-order valence-electron chi connectivity index (χ2n) is 7.79. The molecule has 0 aromatic rings. The summed E-state index contributed by atoms with van der Waals surface area (Å²) in [7, 11) is 0. The van der Waals surface area contributed by atoms with E-state index in [0.717, 1.165) is 0 Å². The lowest BCUT2D eigenvalue weighted by Crippen LogP contribution is -2.59. The summed E-state index contributed by atoms with van der Waals surface area (Å²) in [5, 5.41) is 17.0. The van der Waals surface area contributed by atoms with E-state index in [2.05, 4.69) is 21.9 Å². The number of rotatable bonds is 11.